The first-order valence-corrected chi connectivity index (χ1v) is 6.62. The van der Waals surface area contributed by atoms with Gasteiger partial charge in [0.1, 0.15) is 5.75 Å². The van der Waals surface area contributed by atoms with Crippen LogP contribution in [0.1, 0.15) is 34.6 Å². The molecule has 0 spiro atoms. The Morgan fingerprint density at radius 3 is 2.68 bits per heavy atom. The summed E-state index contributed by atoms with van der Waals surface area (Å²) in [5.74, 6) is 0.668. The molecule has 7 nitrogen and oxygen atoms in total. The van der Waals surface area contributed by atoms with E-state index in [4.69, 9.17) is 14.0 Å². The Hall–Kier alpha value is -2.70. The van der Waals surface area contributed by atoms with Crippen LogP contribution in [0.4, 0.5) is 0 Å². The van der Waals surface area contributed by atoms with Crippen LogP contribution in [0, 0.1) is 6.92 Å². The van der Waals surface area contributed by atoms with Crippen molar-refractivity contribution in [3.8, 4) is 5.75 Å². The molecule has 0 atom stereocenters. The number of hydrogen-bond acceptors (Lipinski definition) is 7. The fourth-order valence-corrected chi connectivity index (χ4v) is 1.88. The van der Waals surface area contributed by atoms with Crippen LogP contribution in [0.15, 0.2) is 22.7 Å². The predicted octanol–water partition coefficient (Wildman–Crippen LogP) is 1.88. The summed E-state index contributed by atoms with van der Waals surface area (Å²) in [7, 11) is 1.50. The smallest absolute Gasteiger partial charge is 0.310 e. The van der Waals surface area contributed by atoms with Crippen molar-refractivity contribution in [3.05, 3.63) is 41.0 Å². The third kappa shape index (κ3) is 3.91. The van der Waals surface area contributed by atoms with Crippen LogP contribution in [0.2, 0.25) is 0 Å². The van der Waals surface area contributed by atoms with E-state index in [-0.39, 0.29) is 24.7 Å². The van der Waals surface area contributed by atoms with Gasteiger partial charge in [0.05, 0.1) is 13.5 Å². The van der Waals surface area contributed by atoms with Gasteiger partial charge in [-0.2, -0.15) is 4.98 Å². The lowest BCUT2D eigenvalue weighted by Gasteiger charge is -2.09. The number of carbonyl (C=O) groups excluding carboxylic acids is 2. The number of aryl methyl sites for hydroxylation is 1. The van der Waals surface area contributed by atoms with E-state index in [1.54, 1.807) is 25.1 Å². The number of Topliss-reactive ketones (excluding diaryl/α,β-unsaturated/α-hetero) is 1. The van der Waals surface area contributed by atoms with Crippen molar-refractivity contribution in [1.29, 1.82) is 0 Å². The molecule has 1 aromatic carbocycles. The molecule has 0 aliphatic heterocycles. The molecule has 1 heterocycles. The Morgan fingerprint density at radius 2 is 2.09 bits per heavy atom. The minimum atomic E-state index is -0.477. The summed E-state index contributed by atoms with van der Waals surface area (Å²) in [5, 5.41) is 3.60. The topological polar surface area (TPSA) is 91.5 Å². The quantitative estimate of drug-likeness (QED) is 0.594. The molecule has 0 amide bonds. The maximum atomic E-state index is 11.9. The fourth-order valence-electron chi connectivity index (χ4n) is 1.88. The predicted molar refractivity (Wildman–Crippen MR) is 75.5 cm³/mol. The second kappa shape index (κ2) is 6.84. The molecular formula is C15H16N2O5. The monoisotopic (exact) mass is 304 g/mol. The Balaban J connectivity index is 2.03. The first-order valence-electron chi connectivity index (χ1n) is 6.62. The molecule has 0 aliphatic rings. The third-order valence-corrected chi connectivity index (χ3v) is 2.95. The molecule has 116 valence electrons. The lowest BCUT2D eigenvalue weighted by molar-refractivity contribution is -0.144. The molecule has 0 bridgehead atoms. The SMILES string of the molecule is COc1ccc(C(C)=O)cc1CC(=O)OCc1nc(C)no1. The number of rotatable bonds is 6. The van der Waals surface area contributed by atoms with Gasteiger partial charge in [0, 0.05) is 11.1 Å². The van der Waals surface area contributed by atoms with Gasteiger partial charge in [-0.3, -0.25) is 9.59 Å². The maximum Gasteiger partial charge on any atom is 0.310 e. The van der Waals surface area contributed by atoms with Gasteiger partial charge in [-0.25, -0.2) is 0 Å². The van der Waals surface area contributed by atoms with Crippen LogP contribution >= 0.6 is 0 Å². The lowest BCUT2D eigenvalue weighted by Crippen LogP contribution is -2.10. The maximum absolute atomic E-state index is 11.9. The molecule has 0 N–H and O–H groups in total. The van der Waals surface area contributed by atoms with Gasteiger partial charge < -0.3 is 14.0 Å². The minimum Gasteiger partial charge on any atom is -0.496 e. The highest BCUT2D eigenvalue weighted by molar-refractivity contribution is 5.94. The van der Waals surface area contributed by atoms with Crippen molar-refractivity contribution < 1.29 is 23.6 Å². The Labute approximate surface area is 127 Å². The van der Waals surface area contributed by atoms with E-state index in [9.17, 15) is 9.59 Å². The molecule has 0 fully saturated rings. The van der Waals surface area contributed by atoms with Crippen LogP contribution < -0.4 is 4.74 Å². The van der Waals surface area contributed by atoms with Gasteiger partial charge >= 0.3 is 5.97 Å². The van der Waals surface area contributed by atoms with Crippen LogP contribution in [0.5, 0.6) is 5.75 Å². The van der Waals surface area contributed by atoms with Crippen molar-refractivity contribution in [1.82, 2.24) is 10.1 Å². The summed E-state index contributed by atoms with van der Waals surface area (Å²) in [6, 6.07) is 4.93. The van der Waals surface area contributed by atoms with Crippen LogP contribution in [-0.2, 0) is 22.6 Å². The zero-order valence-corrected chi connectivity index (χ0v) is 12.6. The molecule has 0 saturated carbocycles. The first kappa shape index (κ1) is 15.7. The van der Waals surface area contributed by atoms with Crippen molar-refractivity contribution in [3.63, 3.8) is 0 Å². The number of carbonyl (C=O) groups is 2. The van der Waals surface area contributed by atoms with Gasteiger partial charge in [0.25, 0.3) is 5.89 Å². The molecule has 2 aromatic rings. The van der Waals surface area contributed by atoms with Gasteiger partial charge in [0.2, 0.25) is 0 Å². The minimum absolute atomic E-state index is 0.0165. The highest BCUT2D eigenvalue weighted by Crippen LogP contribution is 2.21. The molecule has 1 aromatic heterocycles. The summed E-state index contributed by atoms with van der Waals surface area (Å²) in [6.45, 7) is 3.04. The van der Waals surface area contributed by atoms with E-state index in [1.807, 2.05) is 0 Å². The van der Waals surface area contributed by atoms with E-state index in [0.717, 1.165) is 0 Å². The summed E-state index contributed by atoms with van der Waals surface area (Å²) in [6.07, 6.45) is -0.0165. The molecule has 22 heavy (non-hydrogen) atoms. The lowest BCUT2D eigenvalue weighted by atomic mass is 10.0. The molecule has 0 radical (unpaired) electrons. The summed E-state index contributed by atoms with van der Waals surface area (Å²) < 4.78 is 15.1. The fraction of sp³-hybridized carbons (Fsp3) is 0.333. The number of methoxy groups -OCH3 is 1. The Bertz CT molecular complexity index is 693. The average Bonchev–Trinajstić information content (AvgIpc) is 2.90. The highest BCUT2D eigenvalue weighted by atomic mass is 16.6. The van der Waals surface area contributed by atoms with Gasteiger partial charge in [-0.05, 0) is 32.0 Å². The third-order valence-electron chi connectivity index (χ3n) is 2.95. The van der Waals surface area contributed by atoms with Crippen molar-refractivity contribution in [2.24, 2.45) is 0 Å². The Morgan fingerprint density at radius 1 is 1.32 bits per heavy atom. The van der Waals surface area contributed by atoms with E-state index in [2.05, 4.69) is 10.1 Å². The number of nitrogens with zero attached hydrogens (tertiary/aromatic N) is 2. The van der Waals surface area contributed by atoms with Gasteiger partial charge in [-0.1, -0.05) is 5.16 Å². The van der Waals surface area contributed by atoms with Crippen molar-refractivity contribution >= 4 is 11.8 Å². The molecule has 7 heteroatoms. The largest absolute Gasteiger partial charge is 0.496 e. The van der Waals surface area contributed by atoms with E-state index >= 15 is 0 Å². The van der Waals surface area contributed by atoms with Crippen LogP contribution in [0.3, 0.4) is 0 Å². The zero-order chi connectivity index (χ0) is 16.1. The summed E-state index contributed by atoms with van der Waals surface area (Å²) in [4.78, 5) is 27.2. The number of hydrogen-bond donors (Lipinski definition) is 0. The normalized spacial score (nSPS) is 10.3. The van der Waals surface area contributed by atoms with Gasteiger partial charge in [0.15, 0.2) is 18.2 Å². The summed E-state index contributed by atoms with van der Waals surface area (Å²) in [5.41, 5.74) is 1.10. The van der Waals surface area contributed by atoms with E-state index < -0.39 is 5.97 Å². The molecule has 0 unspecified atom stereocenters. The second-order valence-corrected chi connectivity index (χ2v) is 4.66. The van der Waals surface area contributed by atoms with Crippen LogP contribution in [0.25, 0.3) is 0 Å². The number of ether oxygens (including phenoxy) is 2. The second-order valence-electron chi connectivity index (χ2n) is 4.66. The number of esters is 1. The Kier molecular flexibility index (Phi) is 4.88. The molecule has 0 aliphatic carbocycles. The number of aromatic nitrogens is 2. The standard InChI is InChI=1S/C15H16N2O5/c1-9(18)11-4-5-13(20-3)12(6-11)7-15(19)21-8-14-16-10(2)17-22-14/h4-6H,7-8H2,1-3H3. The number of benzene rings is 1. The molecule has 0 saturated heterocycles. The van der Waals surface area contributed by atoms with E-state index in [1.165, 1.54) is 14.0 Å². The number of ketones is 1. The van der Waals surface area contributed by atoms with Crippen molar-refractivity contribution in [2.75, 3.05) is 7.11 Å². The molecular weight excluding hydrogens is 288 g/mol. The highest BCUT2D eigenvalue weighted by Gasteiger charge is 2.14. The van der Waals surface area contributed by atoms with Crippen molar-refractivity contribution in [2.45, 2.75) is 26.9 Å². The zero-order valence-electron chi connectivity index (χ0n) is 12.6. The van der Waals surface area contributed by atoms with Gasteiger partial charge in [-0.15, -0.1) is 0 Å². The summed E-state index contributed by atoms with van der Waals surface area (Å²) >= 11 is 0. The molecule has 2 rings (SSSR count). The average molecular weight is 304 g/mol. The van der Waals surface area contributed by atoms with E-state index in [0.29, 0.717) is 22.7 Å². The first-order chi connectivity index (χ1) is 10.5. The van der Waals surface area contributed by atoms with Crippen LogP contribution in [-0.4, -0.2) is 29.0 Å².